The molecule has 1 saturated heterocycles. The minimum absolute atomic E-state index is 0.0878. The van der Waals surface area contributed by atoms with E-state index >= 15 is 0 Å². The van der Waals surface area contributed by atoms with Crippen LogP contribution in [0.25, 0.3) is 4.96 Å². The summed E-state index contributed by atoms with van der Waals surface area (Å²) in [5, 5.41) is 11.6. The molecule has 3 rings (SSSR count). The maximum atomic E-state index is 12.2. The number of β-amino-alcohol motifs (C(OH)–C–C–N with tert-alkyl or cyclic N) is 1. The molecule has 102 valence electrons. The van der Waals surface area contributed by atoms with E-state index in [4.69, 9.17) is 0 Å². The maximum absolute atomic E-state index is 12.2. The number of likely N-dealkylation sites (tertiary alicyclic amines) is 1. The van der Waals surface area contributed by atoms with E-state index in [-0.39, 0.29) is 12.0 Å². The third-order valence-corrected chi connectivity index (χ3v) is 4.37. The summed E-state index contributed by atoms with van der Waals surface area (Å²) in [6, 6.07) is 0. The molecule has 3 heterocycles. The first-order valence-electron chi connectivity index (χ1n) is 6.51. The van der Waals surface area contributed by atoms with Crippen LogP contribution in [-0.2, 0) is 11.2 Å². The van der Waals surface area contributed by atoms with Gasteiger partial charge in [-0.2, -0.15) is 0 Å². The lowest BCUT2D eigenvalue weighted by Crippen LogP contribution is -2.42. The summed E-state index contributed by atoms with van der Waals surface area (Å²) in [4.78, 5) is 19.3. The van der Waals surface area contributed by atoms with Crippen LogP contribution in [0.3, 0.4) is 0 Å². The number of nitrogens with zero attached hydrogens (tertiary/aromatic N) is 3. The minimum atomic E-state index is -0.365. The highest BCUT2D eigenvalue weighted by Gasteiger charge is 2.23. The van der Waals surface area contributed by atoms with Crippen LogP contribution in [0.15, 0.2) is 11.6 Å². The first-order chi connectivity index (χ1) is 9.13. The van der Waals surface area contributed by atoms with Gasteiger partial charge in [0.25, 0.3) is 0 Å². The summed E-state index contributed by atoms with van der Waals surface area (Å²) in [5.41, 5.74) is 1.94. The molecule has 1 fully saturated rings. The summed E-state index contributed by atoms with van der Waals surface area (Å²) in [7, 11) is 0. The lowest BCUT2D eigenvalue weighted by atomic mass is 10.1. The maximum Gasteiger partial charge on any atom is 0.228 e. The first-order valence-corrected chi connectivity index (χ1v) is 7.39. The van der Waals surface area contributed by atoms with Gasteiger partial charge in [-0.05, 0) is 19.8 Å². The molecule has 2 aromatic heterocycles. The van der Waals surface area contributed by atoms with Gasteiger partial charge < -0.3 is 10.0 Å². The molecule has 1 atom stereocenters. The van der Waals surface area contributed by atoms with Gasteiger partial charge in [0.1, 0.15) is 0 Å². The molecule has 0 aliphatic carbocycles. The van der Waals surface area contributed by atoms with Crippen molar-refractivity contribution in [3.05, 3.63) is 23.0 Å². The average molecular weight is 279 g/mol. The molecule has 0 bridgehead atoms. The second kappa shape index (κ2) is 4.94. The van der Waals surface area contributed by atoms with Crippen LogP contribution in [0.4, 0.5) is 0 Å². The Balaban J connectivity index is 1.75. The lowest BCUT2D eigenvalue weighted by molar-refractivity contribution is -0.133. The van der Waals surface area contributed by atoms with Crippen LogP contribution in [0.2, 0.25) is 0 Å². The smallest absolute Gasteiger partial charge is 0.228 e. The second-order valence-corrected chi connectivity index (χ2v) is 5.91. The van der Waals surface area contributed by atoms with Crippen molar-refractivity contribution in [2.24, 2.45) is 0 Å². The van der Waals surface area contributed by atoms with Gasteiger partial charge in [0.05, 0.1) is 18.2 Å². The number of thiazole rings is 1. The number of fused-ring (bicyclic) bond motifs is 1. The van der Waals surface area contributed by atoms with Gasteiger partial charge in [0.15, 0.2) is 4.96 Å². The molecule has 2 aromatic rings. The molecule has 0 saturated carbocycles. The topological polar surface area (TPSA) is 57.8 Å². The van der Waals surface area contributed by atoms with Gasteiger partial charge >= 0.3 is 0 Å². The number of carbonyl (C=O) groups excluding carboxylic acids is 1. The summed E-state index contributed by atoms with van der Waals surface area (Å²) in [5.74, 6) is 0.0878. The van der Waals surface area contributed by atoms with E-state index in [0.717, 1.165) is 35.7 Å². The number of rotatable bonds is 2. The van der Waals surface area contributed by atoms with Gasteiger partial charge in [-0.15, -0.1) is 11.3 Å². The summed E-state index contributed by atoms with van der Waals surface area (Å²) < 4.78 is 1.98. The summed E-state index contributed by atoms with van der Waals surface area (Å²) in [6.45, 7) is 3.17. The molecular formula is C13H17N3O2S. The quantitative estimate of drug-likeness (QED) is 0.899. The Kier molecular flexibility index (Phi) is 3.28. The normalized spacial score (nSPS) is 20.1. The number of aromatic nitrogens is 2. The highest BCUT2D eigenvalue weighted by Crippen LogP contribution is 2.18. The average Bonchev–Trinajstić information content (AvgIpc) is 2.90. The molecule has 1 N–H and O–H groups in total. The zero-order valence-electron chi connectivity index (χ0n) is 10.9. The second-order valence-electron chi connectivity index (χ2n) is 5.07. The van der Waals surface area contributed by atoms with E-state index < -0.39 is 0 Å². The van der Waals surface area contributed by atoms with Crippen LogP contribution in [0.1, 0.15) is 24.2 Å². The zero-order valence-corrected chi connectivity index (χ0v) is 11.7. The Hall–Kier alpha value is -1.40. The van der Waals surface area contributed by atoms with E-state index in [9.17, 15) is 9.90 Å². The van der Waals surface area contributed by atoms with Gasteiger partial charge in [0.2, 0.25) is 5.91 Å². The Morgan fingerprint density at radius 1 is 1.63 bits per heavy atom. The van der Waals surface area contributed by atoms with Crippen molar-refractivity contribution in [2.75, 3.05) is 13.1 Å². The van der Waals surface area contributed by atoms with Gasteiger partial charge in [0, 0.05) is 30.4 Å². The molecule has 1 aliphatic heterocycles. The fourth-order valence-corrected chi connectivity index (χ4v) is 3.44. The predicted octanol–water partition coefficient (Wildman–Crippen LogP) is 1.23. The fraction of sp³-hybridized carbons (Fsp3) is 0.538. The molecule has 19 heavy (non-hydrogen) atoms. The van der Waals surface area contributed by atoms with Crippen LogP contribution in [0, 0.1) is 6.92 Å². The summed E-state index contributed by atoms with van der Waals surface area (Å²) >= 11 is 1.56. The van der Waals surface area contributed by atoms with Crippen LogP contribution in [-0.4, -0.2) is 44.5 Å². The lowest BCUT2D eigenvalue weighted by Gasteiger charge is -2.30. The minimum Gasteiger partial charge on any atom is -0.391 e. The highest BCUT2D eigenvalue weighted by atomic mass is 32.1. The number of piperidine rings is 1. The van der Waals surface area contributed by atoms with E-state index in [2.05, 4.69) is 4.98 Å². The molecule has 1 amide bonds. The number of imidazole rings is 1. The standard InChI is InChI=1S/C13H17N3O2S/c1-9-6-16-10(8-19-13(16)14-9)5-12(18)15-4-2-3-11(17)7-15/h6,8,11,17H,2-5,7H2,1H3/t11-/m0/s1. The Bertz CT molecular complexity index is 604. The third kappa shape index (κ3) is 2.50. The molecular weight excluding hydrogens is 262 g/mol. The number of hydrogen-bond acceptors (Lipinski definition) is 4. The molecule has 0 radical (unpaired) electrons. The number of aliphatic hydroxyl groups is 1. The number of aryl methyl sites for hydroxylation is 1. The van der Waals surface area contributed by atoms with Gasteiger partial charge in [-0.25, -0.2) is 4.98 Å². The largest absolute Gasteiger partial charge is 0.391 e. The third-order valence-electron chi connectivity index (χ3n) is 3.49. The monoisotopic (exact) mass is 279 g/mol. The Morgan fingerprint density at radius 2 is 2.47 bits per heavy atom. The van der Waals surface area contributed by atoms with Gasteiger partial charge in [-0.1, -0.05) is 0 Å². The van der Waals surface area contributed by atoms with Crippen molar-refractivity contribution in [3.8, 4) is 0 Å². The molecule has 0 aromatic carbocycles. The molecule has 0 unspecified atom stereocenters. The van der Waals surface area contributed by atoms with Crippen molar-refractivity contribution >= 4 is 22.2 Å². The van der Waals surface area contributed by atoms with Gasteiger partial charge in [-0.3, -0.25) is 9.20 Å². The van der Waals surface area contributed by atoms with E-state index in [1.165, 1.54) is 0 Å². The number of carbonyl (C=O) groups is 1. The molecule has 6 heteroatoms. The van der Waals surface area contributed by atoms with Crippen LogP contribution < -0.4 is 0 Å². The first kappa shape index (κ1) is 12.6. The van der Waals surface area contributed by atoms with Crippen molar-refractivity contribution in [2.45, 2.75) is 32.3 Å². The number of aliphatic hydroxyl groups excluding tert-OH is 1. The van der Waals surface area contributed by atoms with Crippen LogP contribution >= 0.6 is 11.3 Å². The van der Waals surface area contributed by atoms with E-state index in [1.54, 1.807) is 16.2 Å². The van der Waals surface area contributed by atoms with Crippen molar-refractivity contribution in [1.29, 1.82) is 0 Å². The van der Waals surface area contributed by atoms with Crippen molar-refractivity contribution in [3.63, 3.8) is 0 Å². The van der Waals surface area contributed by atoms with E-state index in [0.29, 0.717) is 13.0 Å². The number of amides is 1. The van der Waals surface area contributed by atoms with Crippen molar-refractivity contribution in [1.82, 2.24) is 14.3 Å². The summed E-state index contributed by atoms with van der Waals surface area (Å²) in [6.07, 6.45) is 3.65. The Labute approximate surface area is 115 Å². The Morgan fingerprint density at radius 3 is 3.26 bits per heavy atom. The molecule has 5 nitrogen and oxygen atoms in total. The van der Waals surface area contributed by atoms with E-state index in [1.807, 2.05) is 22.9 Å². The molecule has 0 spiro atoms. The molecule has 1 aliphatic rings. The zero-order chi connectivity index (χ0) is 13.4. The van der Waals surface area contributed by atoms with Crippen molar-refractivity contribution < 1.29 is 9.90 Å². The number of hydrogen-bond donors (Lipinski definition) is 1. The fourth-order valence-electron chi connectivity index (χ4n) is 2.52. The predicted molar refractivity (Wildman–Crippen MR) is 73.3 cm³/mol. The highest BCUT2D eigenvalue weighted by molar-refractivity contribution is 7.15. The SMILES string of the molecule is Cc1cn2c(CC(=O)N3CCC[C@H](O)C3)csc2n1. The van der Waals surface area contributed by atoms with Crippen LogP contribution in [0.5, 0.6) is 0 Å².